The van der Waals surface area contributed by atoms with Crippen LogP contribution in [0.25, 0.3) is 0 Å². The molecule has 0 saturated heterocycles. The molecule has 0 aliphatic carbocycles. The average molecular weight is 553 g/mol. The number of pyridine rings is 1. The van der Waals surface area contributed by atoms with E-state index in [-0.39, 0.29) is 17.6 Å². The summed E-state index contributed by atoms with van der Waals surface area (Å²) < 4.78 is 14.1. The maximum absolute atomic E-state index is 14.1. The van der Waals surface area contributed by atoms with Crippen molar-refractivity contribution in [2.45, 2.75) is 52.5 Å². The second-order valence-electron chi connectivity index (χ2n) is 9.50. The number of rotatable bonds is 14. The molecule has 1 atom stereocenters. The molecular weight excluding hydrogens is 511 g/mol. The molecule has 2 heterocycles. The fourth-order valence-electron chi connectivity index (χ4n) is 3.38. The molecule has 0 spiro atoms. The first-order valence-corrected chi connectivity index (χ1v) is 13.5. The summed E-state index contributed by atoms with van der Waals surface area (Å²) in [4.78, 5) is 41.0. The summed E-state index contributed by atoms with van der Waals surface area (Å²) in [5.41, 5.74) is 1.51. The van der Waals surface area contributed by atoms with Crippen molar-refractivity contribution in [2.75, 3.05) is 51.4 Å². The minimum absolute atomic E-state index is 0.216. The van der Waals surface area contributed by atoms with Crippen LogP contribution in [0.15, 0.2) is 30.6 Å². The molecule has 40 heavy (non-hydrogen) atoms. The number of aromatic nitrogens is 3. The molecule has 0 aromatic carbocycles. The Hall–Kier alpha value is -4.04. The topological polar surface area (TPSA) is 115 Å². The van der Waals surface area contributed by atoms with Gasteiger partial charge in [-0.05, 0) is 40.3 Å². The van der Waals surface area contributed by atoms with Gasteiger partial charge in [-0.25, -0.2) is 9.37 Å². The molecule has 3 N–H and O–H groups in total. The highest BCUT2D eigenvalue weighted by molar-refractivity contribution is 5.92. The number of unbranched alkanes of at least 4 members (excludes halogenated alkanes) is 1. The lowest BCUT2D eigenvalue weighted by Gasteiger charge is -2.23. The number of carbonyl (C=O) groups excluding carboxylic acids is 2. The third-order valence-corrected chi connectivity index (χ3v) is 5.88. The van der Waals surface area contributed by atoms with E-state index in [4.69, 9.17) is 0 Å². The molecule has 216 valence electrons. The summed E-state index contributed by atoms with van der Waals surface area (Å²) in [6.07, 6.45) is 9.04. The van der Waals surface area contributed by atoms with E-state index in [1.807, 2.05) is 32.8 Å². The second kappa shape index (κ2) is 16.8. The van der Waals surface area contributed by atoms with Gasteiger partial charge in [0.05, 0.1) is 29.3 Å². The highest BCUT2D eigenvalue weighted by Crippen LogP contribution is 2.18. The quantitative estimate of drug-likeness (QED) is 0.186. The molecule has 2 rings (SSSR count). The molecule has 0 radical (unpaired) electrons. The molecule has 11 heteroatoms. The van der Waals surface area contributed by atoms with Crippen molar-refractivity contribution in [3.63, 3.8) is 0 Å². The Kier molecular flexibility index (Phi) is 13.5. The molecule has 0 saturated carbocycles. The van der Waals surface area contributed by atoms with E-state index in [1.54, 1.807) is 32.4 Å². The minimum atomic E-state index is -0.587. The van der Waals surface area contributed by atoms with Gasteiger partial charge >= 0.3 is 0 Å². The Morgan fingerprint density at radius 2 is 1.93 bits per heavy atom. The van der Waals surface area contributed by atoms with Gasteiger partial charge < -0.3 is 25.8 Å². The van der Waals surface area contributed by atoms with Gasteiger partial charge in [0.25, 0.3) is 0 Å². The second-order valence-corrected chi connectivity index (χ2v) is 9.50. The zero-order valence-electron chi connectivity index (χ0n) is 24.3. The predicted molar refractivity (Wildman–Crippen MR) is 157 cm³/mol. The number of aryl methyl sites for hydroxylation is 1. The zero-order chi connectivity index (χ0) is 29.5. The standard InChI is InChI=1S/C29H41FN8O2/c1-7-15-31-27-22(19-34-29(36-27)35-23-18-24(30)25(8-2)33-20-23)13-10-9-11-16-32-28(40)21(3)38(6)26(39)14-12-17-37(4)5/h12,14,18-21H,7-9,11,15-17H2,1-6H3,(H,32,40)(H2,31,34,35,36)/b14-12+/t21-/m0/s1. The first kappa shape index (κ1) is 32.2. The van der Waals surface area contributed by atoms with Crippen molar-refractivity contribution >= 4 is 29.3 Å². The maximum atomic E-state index is 14.1. The lowest BCUT2D eigenvalue weighted by atomic mass is 10.2. The van der Waals surface area contributed by atoms with Crippen LogP contribution in [0.2, 0.25) is 0 Å². The van der Waals surface area contributed by atoms with Gasteiger partial charge in [0.2, 0.25) is 17.8 Å². The highest BCUT2D eigenvalue weighted by atomic mass is 19.1. The molecule has 2 aromatic rings. The van der Waals surface area contributed by atoms with Gasteiger partial charge in [0.1, 0.15) is 17.7 Å². The van der Waals surface area contributed by atoms with Gasteiger partial charge in [-0.2, -0.15) is 4.98 Å². The van der Waals surface area contributed by atoms with Gasteiger partial charge in [-0.1, -0.05) is 31.8 Å². The smallest absolute Gasteiger partial charge is 0.246 e. The van der Waals surface area contributed by atoms with Crippen LogP contribution in [0, 0.1) is 17.7 Å². The minimum Gasteiger partial charge on any atom is -0.369 e. The molecular formula is C29H41FN8O2. The number of halogens is 1. The number of likely N-dealkylation sites (N-methyl/N-ethyl adjacent to an activating group) is 2. The van der Waals surface area contributed by atoms with Gasteiger partial charge in [0.15, 0.2) is 0 Å². The fraction of sp³-hybridized carbons (Fsp3) is 0.483. The summed E-state index contributed by atoms with van der Waals surface area (Å²) in [6, 6.07) is 0.789. The number of nitrogens with one attached hydrogen (secondary N) is 3. The van der Waals surface area contributed by atoms with E-state index in [0.29, 0.717) is 67.6 Å². The normalized spacial score (nSPS) is 11.6. The first-order chi connectivity index (χ1) is 19.2. The van der Waals surface area contributed by atoms with Crippen LogP contribution in [-0.2, 0) is 16.0 Å². The number of carbonyl (C=O) groups is 2. The summed E-state index contributed by atoms with van der Waals surface area (Å²) in [5, 5.41) is 9.11. The highest BCUT2D eigenvalue weighted by Gasteiger charge is 2.20. The van der Waals surface area contributed by atoms with Crippen molar-refractivity contribution in [2.24, 2.45) is 0 Å². The Balaban J connectivity index is 1.90. The zero-order valence-corrected chi connectivity index (χ0v) is 24.3. The number of hydrogen-bond donors (Lipinski definition) is 3. The molecule has 0 bridgehead atoms. The van der Waals surface area contributed by atoms with Crippen LogP contribution in [0.4, 0.5) is 21.8 Å². The van der Waals surface area contributed by atoms with E-state index >= 15 is 0 Å². The van der Waals surface area contributed by atoms with Crippen LogP contribution >= 0.6 is 0 Å². The summed E-state index contributed by atoms with van der Waals surface area (Å²) in [6.45, 7) is 7.39. The predicted octanol–water partition coefficient (Wildman–Crippen LogP) is 3.35. The Morgan fingerprint density at radius 3 is 2.60 bits per heavy atom. The Morgan fingerprint density at radius 1 is 1.15 bits per heavy atom. The van der Waals surface area contributed by atoms with Crippen molar-refractivity contribution in [1.29, 1.82) is 0 Å². The SMILES string of the molecule is CCCNc1nc(Nc2cnc(CC)c(F)c2)ncc1C#CCCCNC(=O)[C@H](C)N(C)C(=O)/C=C/CN(C)C. The maximum Gasteiger partial charge on any atom is 0.246 e. The van der Waals surface area contributed by atoms with E-state index < -0.39 is 6.04 Å². The average Bonchev–Trinajstić information content (AvgIpc) is 2.93. The Bertz CT molecular complexity index is 1220. The van der Waals surface area contributed by atoms with Gasteiger partial charge in [0, 0.05) is 45.2 Å². The van der Waals surface area contributed by atoms with E-state index in [2.05, 4.69) is 42.7 Å². The summed E-state index contributed by atoms with van der Waals surface area (Å²) >= 11 is 0. The van der Waals surface area contributed by atoms with Crippen molar-refractivity contribution < 1.29 is 14.0 Å². The van der Waals surface area contributed by atoms with Gasteiger partial charge in [-0.3, -0.25) is 14.6 Å². The fourth-order valence-corrected chi connectivity index (χ4v) is 3.38. The third-order valence-electron chi connectivity index (χ3n) is 5.88. The molecule has 0 fully saturated rings. The molecule has 0 aliphatic heterocycles. The number of nitrogens with zero attached hydrogens (tertiary/aromatic N) is 5. The van der Waals surface area contributed by atoms with Crippen molar-refractivity contribution in [1.82, 2.24) is 30.1 Å². The van der Waals surface area contributed by atoms with Crippen LogP contribution in [-0.4, -0.2) is 83.4 Å². The monoisotopic (exact) mass is 552 g/mol. The summed E-state index contributed by atoms with van der Waals surface area (Å²) in [5.74, 6) is 6.28. The lowest BCUT2D eigenvalue weighted by molar-refractivity contribution is -0.135. The summed E-state index contributed by atoms with van der Waals surface area (Å²) in [7, 11) is 5.44. The molecule has 10 nitrogen and oxygen atoms in total. The largest absolute Gasteiger partial charge is 0.369 e. The van der Waals surface area contributed by atoms with Crippen molar-refractivity contribution in [3.8, 4) is 11.8 Å². The van der Waals surface area contributed by atoms with Gasteiger partial charge in [-0.15, -0.1) is 0 Å². The third kappa shape index (κ3) is 10.6. The van der Waals surface area contributed by atoms with Crippen LogP contribution in [0.3, 0.4) is 0 Å². The first-order valence-electron chi connectivity index (χ1n) is 13.5. The molecule has 0 aliphatic rings. The number of hydrogen-bond acceptors (Lipinski definition) is 8. The van der Waals surface area contributed by atoms with E-state index in [9.17, 15) is 14.0 Å². The molecule has 0 unspecified atom stereocenters. The number of anilines is 3. The van der Waals surface area contributed by atoms with Crippen LogP contribution in [0.1, 0.15) is 51.3 Å². The molecule has 2 amide bonds. The van der Waals surface area contributed by atoms with E-state index in [1.165, 1.54) is 17.0 Å². The Labute approximate surface area is 236 Å². The van der Waals surface area contributed by atoms with E-state index in [0.717, 1.165) is 6.42 Å². The lowest BCUT2D eigenvalue weighted by Crippen LogP contribution is -2.45. The van der Waals surface area contributed by atoms with Crippen LogP contribution in [0.5, 0.6) is 0 Å². The number of amides is 2. The molecule has 2 aromatic heterocycles. The van der Waals surface area contributed by atoms with Crippen molar-refractivity contribution in [3.05, 3.63) is 47.7 Å². The van der Waals surface area contributed by atoms with Crippen LogP contribution < -0.4 is 16.0 Å².